The molecule has 2 aromatic rings. The molecule has 0 saturated heterocycles. The molecule has 0 radical (unpaired) electrons. The molecule has 0 unspecified atom stereocenters. The molecule has 0 atom stereocenters. The van der Waals surface area contributed by atoms with Gasteiger partial charge in [0.1, 0.15) is 5.70 Å². The summed E-state index contributed by atoms with van der Waals surface area (Å²) >= 11 is 0. The molecule has 1 heterocycles. The van der Waals surface area contributed by atoms with Crippen molar-refractivity contribution in [3.05, 3.63) is 119 Å². The average Bonchev–Trinajstić information content (AvgIpc) is 3.49. The van der Waals surface area contributed by atoms with E-state index in [1.807, 2.05) is 54.6 Å². The highest BCUT2D eigenvalue weighted by molar-refractivity contribution is 6.21. The van der Waals surface area contributed by atoms with E-state index >= 15 is 0 Å². The Balaban J connectivity index is 1.54. The highest BCUT2D eigenvalue weighted by atomic mass is 16.2. The van der Waals surface area contributed by atoms with Gasteiger partial charge in [-0.2, -0.15) is 5.26 Å². The van der Waals surface area contributed by atoms with E-state index in [2.05, 4.69) is 35.7 Å². The number of allylic oxidation sites excluding steroid dienone is 7. The number of fused-ring (bicyclic) bond motifs is 1. The van der Waals surface area contributed by atoms with Crippen LogP contribution in [-0.2, 0) is 10.3 Å². The number of carbonyl (C=O) groups excluding carboxylic acids is 1. The molecule has 5 rings (SSSR count). The summed E-state index contributed by atoms with van der Waals surface area (Å²) in [6.07, 6.45) is 12.6. The standard InChI is InChI=1S/C27H21N3O/c28-18-19-9-8-10-20(17-19)24-22-13-6-1-2-7-14-23(22)25(29-24)26(31)30-27(15-16-27)21-11-4-3-5-12-21/h1-5,7-14,17H,6,15-16H2,(H,30,31)/b2-1-,14-7-,22-13+. The van der Waals surface area contributed by atoms with Crippen LogP contribution in [0.15, 0.2) is 107 Å². The Labute approximate surface area is 181 Å². The fourth-order valence-corrected chi connectivity index (χ4v) is 4.13. The summed E-state index contributed by atoms with van der Waals surface area (Å²) in [5, 5.41) is 12.6. The van der Waals surface area contributed by atoms with Crippen LogP contribution in [0, 0.1) is 11.3 Å². The zero-order valence-corrected chi connectivity index (χ0v) is 17.0. The normalized spacial score (nSPS) is 22.0. The molecular formula is C27H21N3O. The largest absolute Gasteiger partial charge is 0.341 e. The second-order valence-electron chi connectivity index (χ2n) is 7.96. The minimum Gasteiger partial charge on any atom is -0.341 e. The molecule has 150 valence electrons. The maximum absolute atomic E-state index is 13.4. The Bertz CT molecular complexity index is 1250. The zero-order valence-electron chi connectivity index (χ0n) is 17.0. The smallest absolute Gasteiger partial charge is 0.271 e. The van der Waals surface area contributed by atoms with E-state index in [-0.39, 0.29) is 11.4 Å². The lowest BCUT2D eigenvalue weighted by Crippen LogP contribution is -2.35. The van der Waals surface area contributed by atoms with Gasteiger partial charge in [-0.3, -0.25) is 4.79 Å². The minimum absolute atomic E-state index is 0.164. The van der Waals surface area contributed by atoms with Crippen molar-refractivity contribution in [1.29, 1.82) is 5.26 Å². The van der Waals surface area contributed by atoms with Gasteiger partial charge in [-0.25, -0.2) is 4.99 Å². The molecule has 0 spiro atoms. The molecule has 0 bridgehead atoms. The number of nitrogens with one attached hydrogen (secondary N) is 1. The van der Waals surface area contributed by atoms with Crippen molar-refractivity contribution in [2.24, 2.45) is 4.99 Å². The molecule has 1 amide bonds. The SMILES string of the molecule is N#Cc1cccc(C2=NC(C(=O)NC3(c4ccccc4)CC3)=C3/C=C\C=C/C/C=C/23)c1. The van der Waals surface area contributed by atoms with Crippen LogP contribution in [0.3, 0.4) is 0 Å². The maximum atomic E-state index is 13.4. The van der Waals surface area contributed by atoms with Crippen molar-refractivity contribution in [2.75, 3.05) is 0 Å². The van der Waals surface area contributed by atoms with Crippen molar-refractivity contribution < 1.29 is 4.79 Å². The monoisotopic (exact) mass is 403 g/mol. The number of nitriles is 1. The number of nitrogens with zero attached hydrogens (tertiary/aromatic N) is 2. The number of hydrogen-bond donors (Lipinski definition) is 1. The summed E-state index contributed by atoms with van der Waals surface area (Å²) in [7, 11) is 0. The van der Waals surface area contributed by atoms with E-state index in [9.17, 15) is 10.1 Å². The van der Waals surface area contributed by atoms with Gasteiger partial charge in [-0.05, 0) is 37.0 Å². The Morgan fingerprint density at radius 2 is 1.90 bits per heavy atom. The van der Waals surface area contributed by atoms with Gasteiger partial charge in [0.15, 0.2) is 0 Å². The van der Waals surface area contributed by atoms with Crippen LogP contribution >= 0.6 is 0 Å². The van der Waals surface area contributed by atoms with Crippen molar-refractivity contribution in [1.82, 2.24) is 5.32 Å². The molecular weight excluding hydrogens is 382 g/mol. The first-order chi connectivity index (χ1) is 15.2. The van der Waals surface area contributed by atoms with E-state index in [0.29, 0.717) is 11.3 Å². The van der Waals surface area contributed by atoms with Crippen LogP contribution in [0.5, 0.6) is 0 Å². The fourth-order valence-electron chi connectivity index (χ4n) is 4.13. The van der Waals surface area contributed by atoms with Gasteiger partial charge in [0.2, 0.25) is 0 Å². The lowest BCUT2D eigenvalue weighted by molar-refractivity contribution is -0.118. The van der Waals surface area contributed by atoms with Gasteiger partial charge in [-0.1, -0.05) is 72.8 Å². The topological polar surface area (TPSA) is 65.2 Å². The molecule has 4 nitrogen and oxygen atoms in total. The Morgan fingerprint density at radius 3 is 2.68 bits per heavy atom. The van der Waals surface area contributed by atoms with Crippen molar-refractivity contribution in [3.63, 3.8) is 0 Å². The summed E-state index contributed by atoms with van der Waals surface area (Å²) in [6.45, 7) is 0. The van der Waals surface area contributed by atoms with E-state index in [1.54, 1.807) is 6.07 Å². The van der Waals surface area contributed by atoms with Crippen LogP contribution in [-0.4, -0.2) is 11.6 Å². The third-order valence-electron chi connectivity index (χ3n) is 5.90. The first-order valence-corrected chi connectivity index (χ1v) is 10.5. The number of rotatable bonds is 4. The number of hydrogen-bond acceptors (Lipinski definition) is 3. The number of aliphatic imine (C=N–C) groups is 1. The fraction of sp³-hybridized carbons (Fsp3) is 0.148. The predicted octanol–water partition coefficient (Wildman–Crippen LogP) is 4.86. The second-order valence-corrected chi connectivity index (χ2v) is 7.96. The zero-order chi connectivity index (χ0) is 21.3. The number of carbonyl (C=O) groups is 1. The maximum Gasteiger partial charge on any atom is 0.271 e. The quantitative estimate of drug-likeness (QED) is 0.792. The molecule has 3 aliphatic rings. The third-order valence-corrected chi connectivity index (χ3v) is 5.90. The van der Waals surface area contributed by atoms with Crippen LogP contribution in [0.2, 0.25) is 0 Å². The Hall–Kier alpha value is -3.97. The summed E-state index contributed by atoms with van der Waals surface area (Å²) < 4.78 is 0. The van der Waals surface area contributed by atoms with Crippen molar-refractivity contribution in [2.45, 2.75) is 24.8 Å². The molecule has 2 aromatic carbocycles. The molecule has 1 aliphatic heterocycles. The Morgan fingerprint density at radius 1 is 1.06 bits per heavy atom. The van der Waals surface area contributed by atoms with E-state index < -0.39 is 0 Å². The highest BCUT2D eigenvalue weighted by Crippen LogP contribution is 2.46. The van der Waals surface area contributed by atoms with Gasteiger partial charge in [0, 0.05) is 16.7 Å². The molecule has 1 fully saturated rings. The summed E-state index contributed by atoms with van der Waals surface area (Å²) in [4.78, 5) is 18.2. The van der Waals surface area contributed by atoms with Crippen LogP contribution < -0.4 is 5.32 Å². The van der Waals surface area contributed by atoms with Crippen molar-refractivity contribution >= 4 is 11.6 Å². The first kappa shape index (κ1) is 19.0. The van der Waals surface area contributed by atoms with Gasteiger partial charge in [0.05, 0.1) is 22.9 Å². The van der Waals surface area contributed by atoms with Crippen LogP contribution in [0.25, 0.3) is 0 Å². The molecule has 31 heavy (non-hydrogen) atoms. The van der Waals surface area contributed by atoms with Gasteiger partial charge in [-0.15, -0.1) is 0 Å². The predicted molar refractivity (Wildman–Crippen MR) is 121 cm³/mol. The Kier molecular flexibility index (Phi) is 4.72. The van der Waals surface area contributed by atoms with Gasteiger partial charge in [0.25, 0.3) is 5.91 Å². The molecule has 4 heteroatoms. The molecule has 1 saturated carbocycles. The number of amides is 1. The van der Waals surface area contributed by atoms with Gasteiger partial charge >= 0.3 is 0 Å². The van der Waals surface area contributed by atoms with E-state index in [1.165, 1.54) is 0 Å². The second kappa shape index (κ2) is 7.70. The van der Waals surface area contributed by atoms with Crippen LogP contribution in [0.1, 0.15) is 36.0 Å². The summed E-state index contributed by atoms with van der Waals surface area (Å²) in [5.74, 6) is -0.164. The number of benzene rings is 2. The molecule has 0 aromatic heterocycles. The lowest BCUT2D eigenvalue weighted by atomic mass is 9.94. The summed E-state index contributed by atoms with van der Waals surface area (Å²) in [6, 6.07) is 19.7. The first-order valence-electron chi connectivity index (χ1n) is 10.5. The van der Waals surface area contributed by atoms with Crippen LogP contribution in [0.4, 0.5) is 0 Å². The van der Waals surface area contributed by atoms with E-state index in [4.69, 9.17) is 4.99 Å². The molecule has 2 aliphatic carbocycles. The van der Waals surface area contributed by atoms with Crippen molar-refractivity contribution in [3.8, 4) is 6.07 Å². The van der Waals surface area contributed by atoms with E-state index in [0.717, 1.165) is 47.2 Å². The van der Waals surface area contributed by atoms with Gasteiger partial charge < -0.3 is 5.32 Å². The average molecular weight is 403 g/mol. The lowest BCUT2D eigenvalue weighted by Gasteiger charge is -2.18. The molecule has 1 N–H and O–H groups in total. The minimum atomic E-state index is -0.306. The third kappa shape index (κ3) is 3.55. The highest BCUT2D eigenvalue weighted by Gasteiger charge is 2.46. The summed E-state index contributed by atoms with van der Waals surface area (Å²) in [5.41, 5.74) is 5.16.